The second kappa shape index (κ2) is 13.0. The van der Waals surface area contributed by atoms with Crippen molar-refractivity contribution in [3.63, 3.8) is 0 Å². The zero-order chi connectivity index (χ0) is 35.5. The zero-order valence-corrected chi connectivity index (χ0v) is 30.9. The summed E-state index contributed by atoms with van der Waals surface area (Å²) >= 11 is 6.51. The van der Waals surface area contributed by atoms with Crippen LogP contribution in [0.15, 0.2) is 124 Å². The first-order chi connectivity index (χ1) is 26.0. The van der Waals surface area contributed by atoms with Crippen molar-refractivity contribution in [3.05, 3.63) is 131 Å². The summed E-state index contributed by atoms with van der Waals surface area (Å²) in [5, 5.41) is 7.11. The molecule has 10 aromatic rings. The van der Waals surface area contributed by atoms with Crippen molar-refractivity contribution in [1.29, 1.82) is 0 Å². The van der Waals surface area contributed by atoms with Crippen LogP contribution in [0.25, 0.3) is 97.5 Å². The standard InChI is InChI=1S/C41H23FN6OS4/c1-22-20-44-40(49-22)24-6-10-29-30(17-24)47-37(33-3-2-15-50-33)39(46-29)35-19-26(21-52-35)32-12-13-34(53-32)38-36(23-4-8-27(42)9-5-23)45-28-11-7-25(18-31(28)48-38)41-43-14-16-51-41/h2-21H,1H3. The number of hydrogen-bond acceptors (Lipinski definition) is 11. The van der Waals surface area contributed by atoms with E-state index in [4.69, 9.17) is 24.4 Å². The molecular formula is C41H23FN6OS4. The van der Waals surface area contributed by atoms with Crippen LogP contribution in [-0.4, -0.2) is 29.9 Å². The van der Waals surface area contributed by atoms with Crippen molar-refractivity contribution in [2.75, 3.05) is 0 Å². The predicted octanol–water partition coefficient (Wildman–Crippen LogP) is 12.3. The van der Waals surface area contributed by atoms with Crippen LogP contribution in [0, 0.1) is 12.7 Å². The molecule has 0 unspecified atom stereocenters. The van der Waals surface area contributed by atoms with E-state index < -0.39 is 0 Å². The fourth-order valence-electron chi connectivity index (χ4n) is 6.18. The third-order valence-corrected chi connectivity index (χ3v) is 12.5. The Morgan fingerprint density at radius 1 is 0.547 bits per heavy atom. The molecule has 0 saturated heterocycles. The second-order valence-corrected chi connectivity index (χ2v) is 16.0. The topological polar surface area (TPSA) is 90.5 Å². The van der Waals surface area contributed by atoms with E-state index in [1.165, 1.54) is 12.1 Å². The summed E-state index contributed by atoms with van der Waals surface area (Å²) in [6.07, 6.45) is 3.52. The molecule has 7 nitrogen and oxygen atoms in total. The highest BCUT2D eigenvalue weighted by Crippen LogP contribution is 2.43. The summed E-state index contributed by atoms with van der Waals surface area (Å²) in [6.45, 7) is 1.88. The molecule has 0 amide bonds. The number of aromatic nitrogens is 6. The minimum Gasteiger partial charge on any atom is -0.441 e. The molecule has 12 heteroatoms. The fourth-order valence-corrected chi connectivity index (χ4v) is 9.48. The molecule has 0 aliphatic heterocycles. The number of oxazole rings is 1. The van der Waals surface area contributed by atoms with Crippen molar-refractivity contribution >= 4 is 67.4 Å². The molecule has 7 heterocycles. The molecule has 0 aliphatic carbocycles. The lowest BCUT2D eigenvalue weighted by atomic mass is 10.1. The van der Waals surface area contributed by atoms with Gasteiger partial charge in [0.2, 0.25) is 5.89 Å². The Morgan fingerprint density at radius 3 is 1.98 bits per heavy atom. The molecule has 254 valence electrons. The molecule has 53 heavy (non-hydrogen) atoms. The van der Waals surface area contributed by atoms with E-state index in [9.17, 15) is 4.39 Å². The maximum Gasteiger partial charge on any atom is 0.226 e. The van der Waals surface area contributed by atoms with E-state index in [-0.39, 0.29) is 5.82 Å². The van der Waals surface area contributed by atoms with Gasteiger partial charge in [0, 0.05) is 44.1 Å². The molecule has 0 aliphatic rings. The predicted molar refractivity (Wildman–Crippen MR) is 215 cm³/mol. The molecule has 0 radical (unpaired) electrons. The van der Waals surface area contributed by atoms with Gasteiger partial charge in [-0.1, -0.05) is 6.07 Å². The Balaban J connectivity index is 1.05. The minimum absolute atomic E-state index is 0.298. The minimum atomic E-state index is -0.298. The third kappa shape index (κ3) is 5.95. The van der Waals surface area contributed by atoms with Gasteiger partial charge in [-0.25, -0.2) is 34.3 Å². The number of hydrogen-bond donors (Lipinski definition) is 0. The summed E-state index contributed by atoms with van der Waals surface area (Å²) in [4.78, 5) is 33.6. The van der Waals surface area contributed by atoms with Gasteiger partial charge < -0.3 is 4.42 Å². The molecule has 0 fully saturated rings. The molecule has 0 N–H and O–H groups in total. The largest absolute Gasteiger partial charge is 0.441 e. The van der Waals surface area contributed by atoms with Crippen molar-refractivity contribution < 1.29 is 8.81 Å². The number of thiazole rings is 1. The summed E-state index contributed by atoms with van der Waals surface area (Å²) in [5.41, 5.74) is 9.93. The summed E-state index contributed by atoms with van der Waals surface area (Å²) in [5.74, 6) is 1.02. The van der Waals surface area contributed by atoms with Gasteiger partial charge in [0.25, 0.3) is 0 Å². The van der Waals surface area contributed by atoms with Gasteiger partial charge in [-0.3, -0.25) is 0 Å². The van der Waals surface area contributed by atoms with E-state index in [0.717, 1.165) is 91.7 Å². The van der Waals surface area contributed by atoms with Crippen LogP contribution in [0.1, 0.15) is 5.76 Å². The Bertz CT molecular complexity index is 2930. The van der Waals surface area contributed by atoms with Crippen LogP contribution < -0.4 is 0 Å². The highest BCUT2D eigenvalue weighted by molar-refractivity contribution is 7.19. The van der Waals surface area contributed by atoms with Crippen LogP contribution in [-0.2, 0) is 0 Å². The molecule has 0 saturated carbocycles. The summed E-state index contributed by atoms with van der Waals surface area (Å²) in [6, 6.07) is 28.9. The number of aryl methyl sites for hydroxylation is 1. The lowest BCUT2D eigenvalue weighted by Gasteiger charge is -2.10. The quantitative estimate of drug-likeness (QED) is 0.160. The molecule has 0 spiro atoms. The van der Waals surface area contributed by atoms with Crippen LogP contribution in [0.5, 0.6) is 0 Å². The molecule has 7 aromatic heterocycles. The average molecular weight is 763 g/mol. The molecule has 3 aromatic carbocycles. The van der Waals surface area contributed by atoms with Crippen LogP contribution in [0.2, 0.25) is 0 Å². The summed E-state index contributed by atoms with van der Waals surface area (Å²) < 4.78 is 19.8. The second-order valence-electron chi connectivity index (χ2n) is 12.2. The normalized spacial score (nSPS) is 11.6. The number of rotatable bonds is 7. The Morgan fingerprint density at radius 2 is 1.25 bits per heavy atom. The number of fused-ring (bicyclic) bond motifs is 2. The highest BCUT2D eigenvalue weighted by Gasteiger charge is 2.20. The van der Waals surface area contributed by atoms with Crippen LogP contribution in [0.3, 0.4) is 0 Å². The van der Waals surface area contributed by atoms with Crippen molar-refractivity contribution in [2.24, 2.45) is 0 Å². The number of nitrogens with zero attached hydrogens (tertiary/aromatic N) is 6. The SMILES string of the molecule is Cc1cnc(-c2ccc3nc(-c4cc(-c5ccc(-c6nc7cc(-c8nccs8)ccc7nc6-c6ccc(F)cc6)s5)cs4)c(-c4cccs4)nc3c2)o1. The van der Waals surface area contributed by atoms with Crippen molar-refractivity contribution in [1.82, 2.24) is 29.9 Å². The van der Waals surface area contributed by atoms with Gasteiger partial charge in [-0.15, -0.1) is 45.3 Å². The fraction of sp³-hybridized carbons (Fsp3) is 0.0244. The van der Waals surface area contributed by atoms with Crippen molar-refractivity contribution in [2.45, 2.75) is 6.92 Å². The van der Waals surface area contributed by atoms with Gasteiger partial charge >= 0.3 is 0 Å². The molecular weight excluding hydrogens is 740 g/mol. The zero-order valence-electron chi connectivity index (χ0n) is 27.6. The number of benzene rings is 3. The first-order valence-electron chi connectivity index (χ1n) is 16.5. The van der Waals surface area contributed by atoms with Gasteiger partial charge in [0.05, 0.1) is 48.6 Å². The van der Waals surface area contributed by atoms with Gasteiger partial charge in [0.15, 0.2) is 0 Å². The smallest absolute Gasteiger partial charge is 0.226 e. The molecule has 0 bridgehead atoms. The van der Waals surface area contributed by atoms with E-state index >= 15 is 0 Å². The Hall–Kier alpha value is -5.79. The van der Waals surface area contributed by atoms with Crippen LogP contribution >= 0.6 is 45.3 Å². The lowest BCUT2D eigenvalue weighted by Crippen LogP contribution is -1.95. The van der Waals surface area contributed by atoms with Gasteiger partial charge in [-0.2, -0.15) is 0 Å². The highest BCUT2D eigenvalue weighted by atomic mass is 32.1. The van der Waals surface area contributed by atoms with E-state index in [1.807, 2.05) is 54.8 Å². The van der Waals surface area contributed by atoms with Gasteiger partial charge in [0.1, 0.15) is 33.7 Å². The maximum absolute atomic E-state index is 14.0. The lowest BCUT2D eigenvalue weighted by molar-refractivity contribution is 0.542. The molecule has 10 rings (SSSR count). The first-order valence-corrected chi connectivity index (χ1v) is 19.9. The monoisotopic (exact) mass is 762 g/mol. The van der Waals surface area contributed by atoms with E-state index in [2.05, 4.69) is 45.0 Å². The average Bonchev–Trinajstić information content (AvgIpc) is 4.04. The first kappa shape index (κ1) is 31.9. The number of halogens is 1. The Kier molecular flexibility index (Phi) is 7.83. The number of thiophene rings is 3. The summed E-state index contributed by atoms with van der Waals surface area (Å²) in [7, 11) is 0. The van der Waals surface area contributed by atoms with E-state index in [0.29, 0.717) is 11.6 Å². The van der Waals surface area contributed by atoms with Crippen LogP contribution in [0.4, 0.5) is 4.39 Å². The Labute approximate surface area is 317 Å². The van der Waals surface area contributed by atoms with Gasteiger partial charge in [-0.05, 0) is 97.2 Å². The third-order valence-electron chi connectivity index (χ3n) is 8.70. The molecule has 0 atom stereocenters. The van der Waals surface area contributed by atoms with E-state index in [1.54, 1.807) is 69.9 Å². The maximum atomic E-state index is 14.0. The van der Waals surface area contributed by atoms with Crippen molar-refractivity contribution in [3.8, 4) is 75.4 Å².